The summed E-state index contributed by atoms with van der Waals surface area (Å²) in [6.07, 6.45) is 6.84. The van der Waals surface area contributed by atoms with Gasteiger partial charge < -0.3 is 14.7 Å². The third-order valence-corrected chi connectivity index (χ3v) is 6.68. The molecule has 1 saturated heterocycles. The van der Waals surface area contributed by atoms with E-state index in [0.29, 0.717) is 5.69 Å². The highest BCUT2D eigenvalue weighted by atomic mass is 16.2. The average molecular weight is 431 g/mol. The maximum atomic E-state index is 12.5. The number of hydrogen-bond donors (Lipinski definition) is 0. The minimum Gasteiger partial charge on any atom is -0.350 e. The van der Waals surface area contributed by atoms with Crippen molar-refractivity contribution in [2.45, 2.75) is 39.3 Å². The Labute approximate surface area is 186 Å². The van der Waals surface area contributed by atoms with E-state index in [0.717, 1.165) is 87.1 Å². The SMILES string of the molecule is Cc1cc(C(=O)N2CCC2)nnc1N1CCc2ncc(N3CCCn4nccc43)cc2C1. The quantitative estimate of drug-likeness (QED) is 0.631. The molecule has 0 unspecified atom stereocenters. The van der Waals surface area contributed by atoms with Crippen LogP contribution in [0.2, 0.25) is 0 Å². The fraction of sp³-hybridized carbons (Fsp3) is 0.435. The van der Waals surface area contributed by atoms with Gasteiger partial charge in [0, 0.05) is 57.4 Å². The van der Waals surface area contributed by atoms with Crippen LogP contribution in [0, 0.1) is 6.92 Å². The molecular formula is C23H26N8O. The molecule has 0 radical (unpaired) electrons. The summed E-state index contributed by atoms with van der Waals surface area (Å²) >= 11 is 0. The van der Waals surface area contributed by atoms with E-state index in [9.17, 15) is 4.79 Å². The highest BCUT2D eigenvalue weighted by molar-refractivity contribution is 5.93. The Kier molecular flexibility index (Phi) is 4.55. The molecule has 0 aliphatic carbocycles. The van der Waals surface area contributed by atoms with Gasteiger partial charge in [0.1, 0.15) is 5.82 Å². The van der Waals surface area contributed by atoms with Gasteiger partial charge in [-0.05, 0) is 43.0 Å². The van der Waals surface area contributed by atoms with Crippen molar-refractivity contribution in [2.75, 3.05) is 36.0 Å². The summed E-state index contributed by atoms with van der Waals surface area (Å²) in [7, 11) is 0. The van der Waals surface area contributed by atoms with Gasteiger partial charge in [-0.15, -0.1) is 10.2 Å². The Morgan fingerprint density at radius 3 is 2.72 bits per heavy atom. The molecule has 3 aromatic rings. The van der Waals surface area contributed by atoms with Crippen molar-refractivity contribution in [3.63, 3.8) is 0 Å². The summed E-state index contributed by atoms with van der Waals surface area (Å²) in [6, 6.07) is 6.19. The summed E-state index contributed by atoms with van der Waals surface area (Å²) in [5.41, 5.74) is 4.88. The first kappa shape index (κ1) is 19.2. The smallest absolute Gasteiger partial charge is 0.274 e. The van der Waals surface area contributed by atoms with Gasteiger partial charge in [0.05, 0.1) is 18.1 Å². The number of fused-ring (bicyclic) bond motifs is 2. The molecule has 0 atom stereocenters. The second-order valence-corrected chi connectivity index (χ2v) is 8.77. The van der Waals surface area contributed by atoms with Crippen LogP contribution in [0.25, 0.3) is 0 Å². The van der Waals surface area contributed by atoms with Crippen molar-refractivity contribution in [1.82, 2.24) is 29.9 Å². The standard InChI is InChI=1S/C23H26N8O/c1-16-12-20(23(32)28-7-2-8-28)26-27-22(16)29-11-5-19-17(15-29)13-18(14-24-19)30-9-3-10-31-21(30)4-6-25-31/h4,6,12-14H,2-3,5,7-11,15H2,1H3. The lowest BCUT2D eigenvalue weighted by Gasteiger charge is -2.33. The van der Waals surface area contributed by atoms with Crippen LogP contribution < -0.4 is 9.80 Å². The molecule has 3 aliphatic heterocycles. The molecule has 3 aromatic heterocycles. The second kappa shape index (κ2) is 7.58. The maximum absolute atomic E-state index is 12.5. The van der Waals surface area contributed by atoms with Crippen molar-refractivity contribution < 1.29 is 4.79 Å². The molecule has 0 saturated carbocycles. The number of carbonyl (C=O) groups is 1. The number of hydrogen-bond acceptors (Lipinski definition) is 7. The summed E-state index contributed by atoms with van der Waals surface area (Å²) in [5.74, 6) is 1.95. The third-order valence-electron chi connectivity index (χ3n) is 6.68. The van der Waals surface area contributed by atoms with E-state index in [4.69, 9.17) is 4.98 Å². The molecule has 6 rings (SSSR count). The summed E-state index contributed by atoms with van der Waals surface area (Å²) in [6.45, 7) is 7.14. The molecule has 0 N–H and O–H groups in total. The monoisotopic (exact) mass is 430 g/mol. The summed E-state index contributed by atoms with van der Waals surface area (Å²) < 4.78 is 2.05. The second-order valence-electron chi connectivity index (χ2n) is 8.77. The van der Waals surface area contributed by atoms with E-state index in [1.807, 2.05) is 30.3 Å². The zero-order valence-electron chi connectivity index (χ0n) is 18.2. The number of aryl methyl sites for hydroxylation is 2. The minimum atomic E-state index is -0.0167. The first-order valence-corrected chi connectivity index (χ1v) is 11.3. The van der Waals surface area contributed by atoms with Gasteiger partial charge in [0.2, 0.25) is 0 Å². The lowest BCUT2D eigenvalue weighted by atomic mass is 10.0. The number of amides is 1. The number of nitrogens with zero attached hydrogens (tertiary/aromatic N) is 8. The molecule has 9 heteroatoms. The number of likely N-dealkylation sites (tertiary alicyclic amines) is 1. The minimum absolute atomic E-state index is 0.0167. The molecule has 9 nitrogen and oxygen atoms in total. The van der Waals surface area contributed by atoms with E-state index < -0.39 is 0 Å². The molecule has 6 heterocycles. The largest absolute Gasteiger partial charge is 0.350 e. The zero-order chi connectivity index (χ0) is 21.7. The number of anilines is 3. The van der Waals surface area contributed by atoms with Crippen molar-refractivity contribution in [3.05, 3.63) is 53.1 Å². The van der Waals surface area contributed by atoms with Crippen LogP contribution in [0.15, 0.2) is 30.6 Å². The molecule has 0 bridgehead atoms. The van der Waals surface area contributed by atoms with E-state index in [1.54, 1.807) is 0 Å². The molecule has 1 amide bonds. The predicted octanol–water partition coefficient (Wildman–Crippen LogP) is 2.33. The fourth-order valence-corrected chi connectivity index (χ4v) is 4.80. The number of aromatic nitrogens is 5. The molecule has 1 fully saturated rings. The Hall–Kier alpha value is -3.49. The van der Waals surface area contributed by atoms with Gasteiger partial charge in [0.25, 0.3) is 5.91 Å². The number of rotatable bonds is 3. The Bertz CT molecular complexity index is 1180. The first-order valence-electron chi connectivity index (χ1n) is 11.3. The van der Waals surface area contributed by atoms with E-state index in [1.165, 1.54) is 5.56 Å². The van der Waals surface area contributed by atoms with Gasteiger partial charge >= 0.3 is 0 Å². The van der Waals surface area contributed by atoms with E-state index in [2.05, 4.69) is 41.9 Å². The molecule has 0 spiro atoms. The van der Waals surface area contributed by atoms with Crippen LogP contribution >= 0.6 is 0 Å². The third kappa shape index (κ3) is 3.19. The predicted molar refractivity (Wildman–Crippen MR) is 120 cm³/mol. The van der Waals surface area contributed by atoms with E-state index in [-0.39, 0.29) is 5.91 Å². The summed E-state index contributed by atoms with van der Waals surface area (Å²) in [5, 5.41) is 13.1. The van der Waals surface area contributed by atoms with Crippen LogP contribution in [0.4, 0.5) is 17.3 Å². The normalized spacial score (nSPS) is 17.6. The Morgan fingerprint density at radius 2 is 1.91 bits per heavy atom. The number of carbonyl (C=O) groups excluding carboxylic acids is 1. The van der Waals surface area contributed by atoms with Gasteiger partial charge in [-0.3, -0.25) is 9.78 Å². The maximum Gasteiger partial charge on any atom is 0.274 e. The number of pyridine rings is 1. The van der Waals surface area contributed by atoms with Crippen LogP contribution in [0.1, 0.15) is 40.2 Å². The van der Waals surface area contributed by atoms with Crippen LogP contribution in [0.3, 0.4) is 0 Å². The summed E-state index contributed by atoms with van der Waals surface area (Å²) in [4.78, 5) is 23.6. The lowest BCUT2D eigenvalue weighted by Crippen LogP contribution is -2.42. The molecular weight excluding hydrogens is 404 g/mol. The van der Waals surface area contributed by atoms with Gasteiger partial charge in [-0.25, -0.2) is 4.68 Å². The van der Waals surface area contributed by atoms with Gasteiger partial charge in [0.15, 0.2) is 11.5 Å². The average Bonchev–Trinajstić information content (AvgIpc) is 3.26. The Morgan fingerprint density at radius 1 is 1.03 bits per heavy atom. The molecule has 3 aliphatic rings. The van der Waals surface area contributed by atoms with Crippen molar-refractivity contribution in [1.29, 1.82) is 0 Å². The highest BCUT2D eigenvalue weighted by Gasteiger charge is 2.26. The van der Waals surface area contributed by atoms with Gasteiger partial charge in [-0.1, -0.05) is 0 Å². The van der Waals surface area contributed by atoms with Crippen molar-refractivity contribution in [3.8, 4) is 0 Å². The zero-order valence-corrected chi connectivity index (χ0v) is 18.2. The topological polar surface area (TPSA) is 83.3 Å². The van der Waals surface area contributed by atoms with E-state index >= 15 is 0 Å². The van der Waals surface area contributed by atoms with Crippen LogP contribution in [-0.4, -0.2) is 61.9 Å². The molecule has 32 heavy (non-hydrogen) atoms. The molecule has 164 valence electrons. The van der Waals surface area contributed by atoms with Crippen LogP contribution in [-0.2, 0) is 19.5 Å². The Balaban J connectivity index is 1.25. The van der Waals surface area contributed by atoms with Gasteiger partial charge in [-0.2, -0.15) is 5.10 Å². The van der Waals surface area contributed by atoms with Crippen molar-refractivity contribution in [2.24, 2.45) is 0 Å². The molecule has 0 aromatic carbocycles. The highest BCUT2D eigenvalue weighted by Crippen LogP contribution is 2.32. The lowest BCUT2D eigenvalue weighted by molar-refractivity contribution is 0.0644. The fourth-order valence-electron chi connectivity index (χ4n) is 4.80. The van der Waals surface area contributed by atoms with Crippen LogP contribution in [0.5, 0.6) is 0 Å². The van der Waals surface area contributed by atoms with Crippen molar-refractivity contribution >= 4 is 23.2 Å². The first-order chi connectivity index (χ1) is 15.7.